The lowest BCUT2D eigenvalue weighted by Crippen LogP contribution is -2.10. The van der Waals surface area contributed by atoms with Crippen LogP contribution in [0.1, 0.15) is 20.9 Å². The van der Waals surface area contributed by atoms with Crippen molar-refractivity contribution in [2.75, 3.05) is 12.4 Å². The number of hydrogen-bond donors (Lipinski definition) is 1. The maximum Gasteiger partial charge on any atom is 0.433 e. The van der Waals surface area contributed by atoms with Crippen molar-refractivity contribution >= 4 is 54.1 Å². The van der Waals surface area contributed by atoms with Crippen LogP contribution in [-0.2, 0) is 6.18 Å². The molecule has 1 N–H and O–H groups in total. The Labute approximate surface area is 164 Å². The Morgan fingerprint density at radius 1 is 1.14 bits per heavy atom. The number of nitrogens with zero attached hydrogens (tertiary/aromatic N) is 2. The maximum atomic E-state index is 12.9. The second kappa shape index (κ2) is 6.71. The molecule has 0 atom stereocenters. The van der Waals surface area contributed by atoms with Gasteiger partial charge in [0.15, 0.2) is 5.13 Å². The molecule has 28 heavy (non-hydrogen) atoms. The Bertz CT molecular complexity index is 1210. The number of ether oxygens (including phenoxy) is 1. The molecule has 3 heterocycles. The van der Waals surface area contributed by atoms with Crippen LogP contribution in [0.3, 0.4) is 0 Å². The Balaban J connectivity index is 1.66. The predicted molar refractivity (Wildman–Crippen MR) is 103 cm³/mol. The van der Waals surface area contributed by atoms with Crippen LogP contribution in [0.15, 0.2) is 30.3 Å². The maximum absolute atomic E-state index is 12.9. The van der Waals surface area contributed by atoms with Gasteiger partial charge in [-0.3, -0.25) is 10.1 Å². The van der Waals surface area contributed by atoms with Crippen molar-refractivity contribution in [3.63, 3.8) is 0 Å². The van der Waals surface area contributed by atoms with Crippen LogP contribution in [-0.4, -0.2) is 23.0 Å². The minimum atomic E-state index is -4.53. The van der Waals surface area contributed by atoms with Gasteiger partial charge in [0.2, 0.25) is 0 Å². The van der Waals surface area contributed by atoms with E-state index in [4.69, 9.17) is 4.74 Å². The number of carbonyl (C=O) groups excluding carboxylic acids is 1. The standard InChI is InChI=1S/C18H12F3N3O2S2/c1-8-10-4-6-13(18(19,20)21)23-16(10)28-14(8)15(25)24-17-22-11-5-3-9(26-2)7-12(11)27-17/h3-7H,1-2H3,(H,22,24,25). The molecule has 1 aromatic carbocycles. The number of methoxy groups -OCH3 is 1. The number of carbonyl (C=O) groups is 1. The number of thiazole rings is 1. The number of aromatic nitrogens is 2. The first-order valence-corrected chi connectivity index (χ1v) is 9.63. The monoisotopic (exact) mass is 423 g/mol. The van der Waals surface area contributed by atoms with E-state index >= 15 is 0 Å². The molecule has 0 fully saturated rings. The molecular weight excluding hydrogens is 411 g/mol. The van der Waals surface area contributed by atoms with Gasteiger partial charge in [0.1, 0.15) is 16.3 Å². The van der Waals surface area contributed by atoms with Gasteiger partial charge in [-0.2, -0.15) is 13.2 Å². The van der Waals surface area contributed by atoms with Gasteiger partial charge in [0, 0.05) is 5.39 Å². The minimum Gasteiger partial charge on any atom is -0.497 e. The number of rotatable bonds is 3. The third kappa shape index (κ3) is 3.29. The van der Waals surface area contributed by atoms with E-state index in [1.807, 2.05) is 6.07 Å². The molecule has 4 aromatic rings. The highest BCUT2D eigenvalue weighted by Crippen LogP contribution is 2.35. The number of pyridine rings is 1. The molecule has 10 heteroatoms. The Kier molecular flexibility index (Phi) is 4.47. The summed E-state index contributed by atoms with van der Waals surface area (Å²) in [6.45, 7) is 1.69. The largest absolute Gasteiger partial charge is 0.497 e. The van der Waals surface area contributed by atoms with E-state index in [9.17, 15) is 18.0 Å². The molecule has 144 valence electrons. The number of alkyl halides is 3. The third-order valence-corrected chi connectivity index (χ3v) is 6.25. The second-order valence-corrected chi connectivity index (χ2v) is 7.94. The highest BCUT2D eigenvalue weighted by molar-refractivity contribution is 7.23. The van der Waals surface area contributed by atoms with E-state index in [0.29, 0.717) is 32.2 Å². The Morgan fingerprint density at radius 3 is 2.64 bits per heavy atom. The van der Waals surface area contributed by atoms with Crippen LogP contribution in [0.4, 0.5) is 18.3 Å². The number of aryl methyl sites for hydroxylation is 1. The molecule has 0 aliphatic carbocycles. The van der Waals surface area contributed by atoms with E-state index in [1.165, 1.54) is 17.4 Å². The molecule has 4 rings (SSSR count). The molecular formula is C18H12F3N3O2S2. The number of benzene rings is 1. The molecule has 1 amide bonds. The first-order valence-electron chi connectivity index (χ1n) is 7.99. The van der Waals surface area contributed by atoms with Crippen LogP contribution >= 0.6 is 22.7 Å². The highest BCUT2D eigenvalue weighted by atomic mass is 32.1. The van der Waals surface area contributed by atoms with Gasteiger partial charge in [0.05, 0.1) is 22.2 Å². The van der Waals surface area contributed by atoms with Crippen LogP contribution in [0, 0.1) is 6.92 Å². The molecule has 5 nitrogen and oxygen atoms in total. The molecule has 3 aromatic heterocycles. The lowest BCUT2D eigenvalue weighted by molar-refractivity contribution is -0.140. The number of fused-ring (bicyclic) bond motifs is 2. The first kappa shape index (κ1) is 18.6. The molecule has 0 saturated carbocycles. The molecule has 0 bridgehead atoms. The van der Waals surface area contributed by atoms with Crippen LogP contribution in [0.25, 0.3) is 20.4 Å². The average Bonchev–Trinajstić information content (AvgIpc) is 3.20. The summed E-state index contributed by atoms with van der Waals surface area (Å²) < 4.78 is 44.6. The second-order valence-electron chi connectivity index (χ2n) is 5.91. The van der Waals surface area contributed by atoms with Crippen LogP contribution in [0.5, 0.6) is 5.75 Å². The summed E-state index contributed by atoms with van der Waals surface area (Å²) in [6, 6.07) is 7.64. The fraction of sp³-hybridized carbons (Fsp3) is 0.167. The van der Waals surface area contributed by atoms with Gasteiger partial charge in [0.25, 0.3) is 5.91 Å². The Morgan fingerprint density at radius 2 is 1.93 bits per heavy atom. The van der Waals surface area contributed by atoms with Crippen molar-refractivity contribution < 1.29 is 22.7 Å². The van der Waals surface area contributed by atoms with E-state index in [2.05, 4.69) is 15.3 Å². The number of thiophene rings is 1. The summed E-state index contributed by atoms with van der Waals surface area (Å²) >= 11 is 2.21. The molecule has 0 aliphatic rings. The van der Waals surface area contributed by atoms with Crippen molar-refractivity contribution in [1.29, 1.82) is 0 Å². The van der Waals surface area contributed by atoms with Crippen molar-refractivity contribution in [2.45, 2.75) is 13.1 Å². The van der Waals surface area contributed by atoms with Crippen molar-refractivity contribution in [1.82, 2.24) is 9.97 Å². The summed E-state index contributed by atoms with van der Waals surface area (Å²) in [5.41, 5.74) is 0.320. The summed E-state index contributed by atoms with van der Waals surface area (Å²) in [4.78, 5) is 21.2. The van der Waals surface area contributed by atoms with Crippen LogP contribution in [0.2, 0.25) is 0 Å². The van der Waals surface area contributed by atoms with Gasteiger partial charge < -0.3 is 4.74 Å². The van der Waals surface area contributed by atoms with E-state index in [1.54, 1.807) is 26.2 Å². The first-order chi connectivity index (χ1) is 13.3. The summed E-state index contributed by atoms with van der Waals surface area (Å²) in [6.07, 6.45) is -4.53. The average molecular weight is 423 g/mol. The number of anilines is 1. The van der Waals surface area contributed by atoms with Crippen molar-refractivity contribution in [3.05, 3.63) is 46.5 Å². The quantitative estimate of drug-likeness (QED) is 0.473. The number of amides is 1. The summed E-state index contributed by atoms with van der Waals surface area (Å²) in [5.74, 6) is 0.251. The minimum absolute atomic E-state index is 0.173. The van der Waals surface area contributed by atoms with E-state index in [-0.39, 0.29) is 4.83 Å². The number of halogens is 3. The third-order valence-electron chi connectivity index (χ3n) is 4.12. The van der Waals surface area contributed by atoms with Gasteiger partial charge in [-0.15, -0.1) is 11.3 Å². The lowest BCUT2D eigenvalue weighted by atomic mass is 10.2. The fourth-order valence-corrected chi connectivity index (χ4v) is 4.68. The zero-order chi connectivity index (χ0) is 20.1. The zero-order valence-corrected chi connectivity index (χ0v) is 16.2. The predicted octanol–water partition coefficient (Wildman–Crippen LogP) is 5.49. The van der Waals surface area contributed by atoms with Crippen molar-refractivity contribution in [2.24, 2.45) is 0 Å². The Hall–Kier alpha value is -2.72. The van der Waals surface area contributed by atoms with Crippen LogP contribution < -0.4 is 10.1 Å². The molecule has 0 saturated heterocycles. The number of hydrogen-bond acceptors (Lipinski definition) is 6. The van der Waals surface area contributed by atoms with Gasteiger partial charge in [-0.25, -0.2) is 9.97 Å². The topological polar surface area (TPSA) is 64.1 Å². The van der Waals surface area contributed by atoms with Gasteiger partial charge in [-0.1, -0.05) is 11.3 Å². The zero-order valence-electron chi connectivity index (χ0n) is 14.5. The normalized spacial score (nSPS) is 11.9. The summed E-state index contributed by atoms with van der Waals surface area (Å²) in [5, 5.41) is 3.64. The van der Waals surface area contributed by atoms with Gasteiger partial charge >= 0.3 is 6.18 Å². The SMILES string of the molecule is COc1ccc2nc(NC(=O)c3sc4nc(C(F)(F)F)ccc4c3C)sc2c1. The molecule has 0 spiro atoms. The fourth-order valence-electron chi connectivity index (χ4n) is 2.71. The number of nitrogens with one attached hydrogen (secondary N) is 1. The molecule has 0 radical (unpaired) electrons. The van der Waals surface area contributed by atoms with Crippen molar-refractivity contribution in [3.8, 4) is 5.75 Å². The van der Waals surface area contributed by atoms with Gasteiger partial charge in [-0.05, 0) is 42.8 Å². The molecule has 0 unspecified atom stereocenters. The van der Waals surface area contributed by atoms with E-state index in [0.717, 1.165) is 22.1 Å². The summed E-state index contributed by atoms with van der Waals surface area (Å²) in [7, 11) is 1.56. The lowest BCUT2D eigenvalue weighted by Gasteiger charge is -2.04. The molecule has 0 aliphatic heterocycles. The van der Waals surface area contributed by atoms with E-state index < -0.39 is 17.8 Å². The smallest absolute Gasteiger partial charge is 0.433 e. The highest BCUT2D eigenvalue weighted by Gasteiger charge is 2.33.